The standard InChI is InChI=1S/C24H17F3N2O3S/c1-33(31,32)17-8-3-6-15(12-17)14-5-2-7-16(11-14)21-18-9-4-10-20(24(25,26)27)22(18)29-13-19(21)23(28)30/h2-13H,1H3,(H2,28,30). The minimum absolute atomic E-state index is 0.0242. The lowest BCUT2D eigenvalue weighted by molar-refractivity contribution is -0.136. The van der Waals surface area contributed by atoms with Crippen LogP contribution >= 0.6 is 0 Å². The Labute approximate surface area is 187 Å². The number of aromatic nitrogens is 1. The average molecular weight is 470 g/mol. The number of fused-ring (bicyclic) bond motifs is 1. The van der Waals surface area contributed by atoms with Gasteiger partial charge in [-0.15, -0.1) is 0 Å². The first-order valence-corrected chi connectivity index (χ1v) is 11.6. The second kappa shape index (κ2) is 8.00. The molecule has 0 spiro atoms. The van der Waals surface area contributed by atoms with E-state index in [0.717, 1.165) is 18.5 Å². The van der Waals surface area contributed by atoms with Crippen LogP contribution in [0.15, 0.2) is 77.8 Å². The van der Waals surface area contributed by atoms with E-state index < -0.39 is 27.5 Å². The lowest BCUT2D eigenvalue weighted by atomic mass is 9.92. The third kappa shape index (κ3) is 4.31. The Morgan fingerprint density at radius 1 is 0.909 bits per heavy atom. The number of benzene rings is 3. The number of pyridine rings is 1. The molecule has 1 aromatic heterocycles. The Morgan fingerprint density at radius 2 is 1.52 bits per heavy atom. The van der Waals surface area contributed by atoms with Gasteiger partial charge in [0.15, 0.2) is 9.84 Å². The first-order chi connectivity index (χ1) is 15.5. The zero-order valence-electron chi connectivity index (χ0n) is 17.2. The van der Waals surface area contributed by atoms with Crippen molar-refractivity contribution in [1.82, 2.24) is 4.98 Å². The molecule has 0 bridgehead atoms. The fraction of sp³-hybridized carbons (Fsp3) is 0.0833. The maximum Gasteiger partial charge on any atom is 0.418 e. The fourth-order valence-electron chi connectivity index (χ4n) is 3.71. The molecule has 0 aliphatic carbocycles. The smallest absolute Gasteiger partial charge is 0.366 e. The summed E-state index contributed by atoms with van der Waals surface area (Å²) in [6.07, 6.45) is -2.48. The topological polar surface area (TPSA) is 90.1 Å². The molecule has 0 saturated carbocycles. The number of hydrogen-bond donors (Lipinski definition) is 1. The highest BCUT2D eigenvalue weighted by Crippen LogP contribution is 2.39. The highest BCUT2D eigenvalue weighted by Gasteiger charge is 2.34. The van der Waals surface area contributed by atoms with Gasteiger partial charge in [0.1, 0.15) is 0 Å². The Bertz CT molecular complexity index is 1510. The summed E-state index contributed by atoms with van der Waals surface area (Å²) in [5, 5.41) is 0.128. The molecule has 4 rings (SSSR count). The zero-order chi connectivity index (χ0) is 24.0. The van der Waals surface area contributed by atoms with E-state index in [1.807, 2.05) is 0 Å². The quantitative estimate of drug-likeness (QED) is 0.450. The number of carbonyl (C=O) groups excluding carboxylic acids is 1. The summed E-state index contributed by atoms with van der Waals surface area (Å²) in [5.41, 5.74) is 6.15. The number of alkyl halides is 3. The van der Waals surface area contributed by atoms with E-state index in [2.05, 4.69) is 4.98 Å². The number of halogens is 3. The zero-order valence-corrected chi connectivity index (χ0v) is 18.0. The van der Waals surface area contributed by atoms with Crippen molar-refractivity contribution in [3.05, 3.63) is 84.1 Å². The van der Waals surface area contributed by atoms with Gasteiger partial charge in [-0.3, -0.25) is 9.78 Å². The number of para-hydroxylation sites is 1. The molecule has 0 aliphatic rings. The lowest BCUT2D eigenvalue weighted by Crippen LogP contribution is -2.14. The van der Waals surface area contributed by atoms with Crippen molar-refractivity contribution in [3.63, 3.8) is 0 Å². The Hall–Kier alpha value is -3.72. The molecule has 1 amide bonds. The van der Waals surface area contributed by atoms with Gasteiger partial charge in [-0.1, -0.05) is 42.5 Å². The molecule has 4 aromatic rings. The van der Waals surface area contributed by atoms with Crippen LogP contribution in [-0.4, -0.2) is 25.6 Å². The molecular weight excluding hydrogens is 453 g/mol. The van der Waals surface area contributed by atoms with E-state index in [-0.39, 0.29) is 26.9 Å². The van der Waals surface area contributed by atoms with Crippen LogP contribution in [0.3, 0.4) is 0 Å². The van der Waals surface area contributed by atoms with E-state index in [1.54, 1.807) is 36.4 Å². The van der Waals surface area contributed by atoms with Crippen LogP contribution in [0.2, 0.25) is 0 Å². The Balaban J connectivity index is 1.99. The summed E-state index contributed by atoms with van der Waals surface area (Å²) in [6.45, 7) is 0. The molecule has 0 saturated heterocycles. The van der Waals surface area contributed by atoms with E-state index >= 15 is 0 Å². The Kier molecular flexibility index (Phi) is 5.45. The van der Waals surface area contributed by atoms with Crippen LogP contribution in [0.5, 0.6) is 0 Å². The van der Waals surface area contributed by atoms with E-state index in [0.29, 0.717) is 16.7 Å². The summed E-state index contributed by atoms with van der Waals surface area (Å²) in [7, 11) is -3.44. The third-order valence-electron chi connectivity index (χ3n) is 5.22. The normalized spacial score (nSPS) is 12.1. The predicted octanol–water partition coefficient (Wildman–Crippen LogP) is 5.09. The van der Waals surface area contributed by atoms with Crippen molar-refractivity contribution in [1.29, 1.82) is 0 Å². The van der Waals surface area contributed by atoms with Gasteiger partial charge in [0.05, 0.1) is 21.5 Å². The van der Waals surface area contributed by atoms with Crippen LogP contribution < -0.4 is 5.73 Å². The van der Waals surface area contributed by atoms with Crippen LogP contribution in [-0.2, 0) is 16.0 Å². The number of nitrogens with two attached hydrogens (primary N) is 1. The summed E-state index contributed by atoms with van der Waals surface area (Å²) >= 11 is 0. The highest BCUT2D eigenvalue weighted by atomic mass is 32.2. The molecule has 168 valence electrons. The van der Waals surface area contributed by atoms with Crippen LogP contribution in [0.1, 0.15) is 15.9 Å². The van der Waals surface area contributed by atoms with Gasteiger partial charge in [-0.25, -0.2) is 8.42 Å². The van der Waals surface area contributed by atoms with Crippen LogP contribution in [0, 0.1) is 0 Å². The molecule has 0 unspecified atom stereocenters. The lowest BCUT2D eigenvalue weighted by Gasteiger charge is -2.15. The number of primary amides is 1. The Morgan fingerprint density at radius 3 is 2.15 bits per heavy atom. The maximum atomic E-state index is 13.5. The molecule has 1 heterocycles. The van der Waals surface area contributed by atoms with Crippen molar-refractivity contribution >= 4 is 26.6 Å². The molecule has 3 aromatic carbocycles. The molecule has 5 nitrogen and oxygen atoms in total. The number of hydrogen-bond acceptors (Lipinski definition) is 4. The summed E-state index contributed by atoms with van der Waals surface area (Å²) in [5.74, 6) is -0.832. The molecular formula is C24H17F3N2O3S. The largest absolute Gasteiger partial charge is 0.418 e. The molecule has 9 heteroatoms. The van der Waals surface area contributed by atoms with E-state index in [4.69, 9.17) is 5.73 Å². The SMILES string of the molecule is CS(=O)(=O)c1cccc(-c2cccc(-c3c(C(N)=O)cnc4c(C(F)(F)F)cccc34)c2)c1. The number of amides is 1. The van der Waals surface area contributed by atoms with Crippen LogP contribution in [0.4, 0.5) is 13.2 Å². The summed E-state index contributed by atoms with van der Waals surface area (Å²) in [4.78, 5) is 16.1. The van der Waals surface area contributed by atoms with Gasteiger partial charge >= 0.3 is 6.18 Å². The van der Waals surface area contributed by atoms with Gasteiger partial charge in [0, 0.05) is 23.4 Å². The van der Waals surface area contributed by atoms with Gasteiger partial charge in [0.25, 0.3) is 5.91 Å². The maximum absolute atomic E-state index is 13.5. The summed E-state index contributed by atoms with van der Waals surface area (Å²) in [6, 6.07) is 16.7. The third-order valence-corrected chi connectivity index (χ3v) is 6.33. The highest BCUT2D eigenvalue weighted by molar-refractivity contribution is 7.90. The second-order valence-corrected chi connectivity index (χ2v) is 9.51. The molecule has 0 fully saturated rings. The van der Waals surface area contributed by atoms with Crippen molar-refractivity contribution < 1.29 is 26.4 Å². The first kappa shape index (κ1) is 22.5. The van der Waals surface area contributed by atoms with Crippen LogP contribution in [0.25, 0.3) is 33.2 Å². The summed E-state index contributed by atoms with van der Waals surface area (Å²) < 4.78 is 64.5. The number of sulfone groups is 1. The predicted molar refractivity (Wildman–Crippen MR) is 119 cm³/mol. The molecule has 2 N–H and O–H groups in total. The molecule has 0 radical (unpaired) electrons. The first-order valence-electron chi connectivity index (χ1n) is 9.66. The van der Waals surface area contributed by atoms with Gasteiger partial charge in [-0.2, -0.15) is 13.2 Å². The minimum atomic E-state index is -4.63. The fourth-order valence-corrected chi connectivity index (χ4v) is 4.38. The molecule has 0 aliphatic heterocycles. The van der Waals surface area contributed by atoms with Crippen molar-refractivity contribution in [2.24, 2.45) is 5.73 Å². The number of rotatable bonds is 4. The number of carbonyl (C=O) groups is 1. The molecule has 0 atom stereocenters. The van der Waals surface area contributed by atoms with Crippen molar-refractivity contribution in [2.45, 2.75) is 11.1 Å². The van der Waals surface area contributed by atoms with Crippen molar-refractivity contribution in [2.75, 3.05) is 6.26 Å². The van der Waals surface area contributed by atoms with E-state index in [9.17, 15) is 26.4 Å². The monoisotopic (exact) mass is 470 g/mol. The number of nitrogens with zero attached hydrogens (tertiary/aromatic N) is 1. The van der Waals surface area contributed by atoms with Gasteiger partial charge in [-0.05, 0) is 41.0 Å². The van der Waals surface area contributed by atoms with Gasteiger partial charge in [0.2, 0.25) is 0 Å². The van der Waals surface area contributed by atoms with Crippen molar-refractivity contribution in [3.8, 4) is 22.3 Å². The second-order valence-electron chi connectivity index (χ2n) is 7.49. The van der Waals surface area contributed by atoms with E-state index in [1.165, 1.54) is 24.3 Å². The van der Waals surface area contributed by atoms with Gasteiger partial charge < -0.3 is 5.73 Å². The minimum Gasteiger partial charge on any atom is -0.366 e. The average Bonchev–Trinajstić information content (AvgIpc) is 2.76. The molecule has 33 heavy (non-hydrogen) atoms.